The van der Waals surface area contributed by atoms with Crippen LogP contribution < -0.4 is 30.4 Å². The summed E-state index contributed by atoms with van der Waals surface area (Å²) in [5.74, 6) is 0. The van der Waals surface area contributed by atoms with Gasteiger partial charge in [0.05, 0.1) is 5.69 Å². The summed E-state index contributed by atoms with van der Waals surface area (Å²) in [5.41, 5.74) is 25.5. The van der Waals surface area contributed by atoms with Crippen molar-refractivity contribution in [3.05, 3.63) is 203 Å². The summed E-state index contributed by atoms with van der Waals surface area (Å²) >= 11 is 1.99. The van der Waals surface area contributed by atoms with E-state index in [4.69, 9.17) is 0 Å². The van der Waals surface area contributed by atoms with Crippen LogP contribution in [-0.2, 0) is 32.5 Å². The SMILES string of the molecule is Cc1ccccc1-c1cc2c3c(c1)N(c1ccc4c(c1)C(C)(C)CCC4(C)C)c1c(sc4ccc(C(C)(C)C)cc14)B3c1ccc(N(c3ccc(C(C)(C)C)cc3)c3ccc(C(C)(C)C)cc3)cc1N2c1ccc(C(C)(C)C)cc1. The van der Waals surface area contributed by atoms with Crippen LogP contribution in [-0.4, -0.2) is 6.71 Å². The zero-order valence-electron chi connectivity index (χ0n) is 50.8. The smallest absolute Gasteiger partial charge is 0.264 e. The molecule has 0 radical (unpaired) electrons. The van der Waals surface area contributed by atoms with Crippen molar-refractivity contribution in [1.82, 2.24) is 0 Å². The van der Waals surface area contributed by atoms with Crippen LogP contribution in [0.3, 0.4) is 0 Å². The molecule has 0 saturated carbocycles. The van der Waals surface area contributed by atoms with Gasteiger partial charge in [-0.2, -0.15) is 0 Å². The van der Waals surface area contributed by atoms with Gasteiger partial charge in [0.1, 0.15) is 0 Å². The van der Waals surface area contributed by atoms with E-state index in [1.54, 1.807) is 0 Å². The van der Waals surface area contributed by atoms with Gasteiger partial charge in [0.2, 0.25) is 0 Å². The van der Waals surface area contributed by atoms with Crippen LogP contribution >= 0.6 is 11.3 Å². The van der Waals surface area contributed by atoms with E-state index in [1.807, 2.05) is 11.3 Å². The molecule has 80 heavy (non-hydrogen) atoms. The Labute approximate surface area is 483 Å². The van der Waals surface area contributed by atoms with Gasteiger partial charge >= 0.3 is 0 Å². The van der Waals surface area contributed by atoms with Gasteiger partial charge in [-0.3, -0.25) is 0 Å². The second-order valence-corrected chi connectivity index (χ2v) is 30.2. The van der Waals surface area contributed by atoms with Crippen molar-refractivity contribution in [2.75, 3.05) is 14.7 Å². The molecule has 0 unspecified atom stereocenters. The summed E-state index contributed by atoms with van der Waals surface area (Å²) in [7, 11) is 0. The lowest BCUT2D eigenvalue weighted by Gasteiger charge is -2.45. The van der Waals surface area contributed by atoms with Crippen LogP contribution in [0.2, 0.25) is 0 Å². The van der Waals surface area contributed by atoms with E-state index in [-0.39, 0.29) is 39.2 Å². The molecular weight excluding hydrogens is 986 g/mol. The van der Waals surface area contributed by atoms with Crippen molar-refractivity contribution >= 4 is 95.0 Å². The number of hydrogen-bond donors (Lipinski definition) is 0. The fourth-order valence-electron chi connectivity index (χ4n) is 13.2. The molecule has 5 heteroatoms. The normalized spacial score (nSPS) is 15.6. The number of thiophene rings is 1. The quantitative estimate of drug-likeness (QED) is 0.154. The lowest BCUT2D eigenvalue weighted by atomic mass is 9.36. The zero-order chi connectivity index (χ0) is 56.8. The first-order valence-electron chi connectivity index (χ1n) is 29.4. The average molecular weight is 1070 g/mol. The molecule has 3 heterocycles. The molecule has 2 aliphatic heterocycles. The molecule has 0 atom stereocenters. The van der Waals surface area contributed by atoms with Crippen molar-refractivity contribution in [2.24, 2.45) is 0 Å². The molecule has 0 fully saturated rings. The molecular formula is C75H82BN3S. The number of nitrogens with zero attached hydrogens (tertiary/aromatic N) is 3. The van der Waals surface area contributed by atoms with Gasteiger partial charge < -0.3 is 14.7 Å². The van der Waals surface area contributed by atoms with E-state index in [9.17, 15) is 0 Å². The van der Waals surface area contributed by atoms with Crippen LogP contribution in [0.1, 0.15) is 163 Å². The first-order valence-corrected chi connectivity index (χ1v) is 30.2. The summed E-state index contributed by atoms with van der Waals surface area (Å²) in [6, 6.07) is 64.4. The highest BCUT2D eigenvalue weighted by molar-refractivity contribution is 7.33. The standard InChI is InChI=1S/C75H82BN3S/c1-47-20-18-19-21-58(47)48-42-64-67-65(43-48)79(56-35-37-60-61(45-56)75(16,17)41-40-74(60,14)15)68-59-44-52(73(11,12)13)28-39-66(59)80-69(68)76(67)62-38-36-57(46-63(62)78(64)55-33-26-51(27-34-55)72(8,9)10)77(53-29-22-49(23-30-53)70(2,3)4)54-31-24-50(25-32-54)71(5,6)7/h18-39,42-46H,40-41H2,1-17H3. The summed E-state index contributed by atoms with van der Waals surface area (Å²) in [6.45, 7) is 39.9. The molecule has 0 N–H and O–H groups in total. The largest absolute Gasteiger partial charge is 0.311 e. The minimum Gasteiger partial charge on any atom is -0.311 e. The number of anilines is 9. The molecule has 3 nitrogen and oxygen atoms in total. The van der Waals surface area contributed by atoms with E-state index in [1.165, 1.54) is 111 Å². The van der Waals surface area contributed by atoms with Crippen molar-refractivity contribution in [1.29, 1.82) is 0 Å². The summed E-state index contributed by atoms with van der Waals surface area (Å²) in [4.78, 5) is 7.81. The lowest BCUT2D eigenvalue weighted by Crippen LogP contribution is -2.60. The highest BCUT2D eigenvalue weighted by atomic mass is 32.1. The number of benzene rings is 8. The minimum atomic E-state index is -0.0413. The molecule has 406 valence electrons. The Balaban J connectivity index is 1.19. The fraction of sp³-hybridized carbons (Fsp3) is 0.333. The maximum atomic E-state index is 2.71. The van der Waals surface area contributed by atoms with Crippen LogP contribution in [0, 0.1) is 6.92 Å². The molecule has 0 amide bonds. The Morgan fingerprint density at radius 2 is 0.963 bits per heavy atom. The van der Waals surface area contributed by atoms with Crippen LogP contribution in [0.5, 0.6) is 0 Å². The fourth-order valence-corrected chi connectivity index (χ4v) is 14.5. The van der Waals surface area contributed by atoms with Crippen LogP contribution in [0.4, 0.5) is 51.2 Å². The van der Waals surface area contributed by atoms with Crippen LogP contribution in [0.25, 0.3) is 21.2 Å². The third kappa shape index (κ3) is 9.11. The predicted molar refractivity (Wildman–Crippen MR) is 351 cm³/mol. The maximum absolute atomic E-state index is 2.71. The average Bonchev–Trinajstić information content (AvgIpc) is 3.35. The maximum Gasteiger partial charge on any atom is 0.264 e. The Kier molecular flexibility index (Phi) is 12.5. The van der Waals surface area contributed by atoms with Gasteiger partial charge in [-0.15, -0.1) is 11.3 Å². The van der Waals surface area contributed by atoms with Crippen molar-refractivity contribution in [3.8, 4) is 11.1 Å². The molecule has 0 saturated heterocycles. The molecule has 8 aromatic carbocycles. The number of fused-ring (bicyclic) bond motifs is 7. The van der Waals surface area contributed by atoms with E-state index < -0.39 is 0 Å². The summed E-state index contributed by atoms with van der Waals surface area (Å²) in [5, 5.41) is 1.32. The third-order valence-electron chi connectivity index (χ3n) is 18.3. The van der Waals surface area contributed by atoms with Gasteiger partial charge in [-0.25, -0.2) is 0 Å². The van der Waals surface area contributed by atoms with Gasteiger partial charge in [0.25, 0.3) is 6.71 Å². The van der Waals surface area contributed by atoms with Crippen molar-refractivity contribution in [3.63, 3.8) is 0 Å². The molecule has 12 rings (SSSR count). The van der Waals surface area contributed by atoms with E-state index >= 15 is 0 Å². The second-order valence-electron chi connectivity index (χ2n) is 29.1. The van der Waals surface area contributed by atoms with E-state index in [0.29, 0.717) is 0 Å². The minimum absolute atomic E-state index is 0.00428. The van der Waals surface area contributed by atoms with Gasteiger partial charge in [0.15, 0.2) is 0 Å². The summed E-state index contributed by atoms with van der Waals surface area (Å²) in [6.07, 6.45) is 2.33. The molecule has 9 aromatic rings. The Morgan fingerprint density at radius 3 is 1.52 bits per heavy atom. The van der Waals surface area contributed by atoms with E-state index in [0.717, 1.165) is 29.2 Å². The molecule has 1 aliphatic carbocycles. The first-order chi connectivity index (χ1) is 37.6. The molecule has 1 aromatic heterocycles. The summed E-state index contributed by atoms with van der Waals surface area (Å²) < 4.78 is 2.72. The van der Waals surface area contributed by atoms with Crippen LogP contribution in [0.15, 0.2) is 164 Å². The Hall–Kier alpha value is -6.82. The number of rotatable bonds is 6. The highest BCUT2D eigenvalue weighted by Gasteiger charge is 2.47. The first kappa shape index (κ1) is 53.8. The molecule has 0 bridgehead atoms. The van der Waals surface area contributed by atoms with Gasteiger partial charge in [-0.05, 0) is 198 Å². The Bertz CT molecular complexity index is 3830. The van der Waals surface area contributed by atoms with Crippen molar-refractivity contribution < 1.29 is 0 Å². The zero-order valence-corrected chi connectivity index (χ0v) is 51.6. The topological polar surface area (TPSA) is 9.72 Å². The van der Waals surface area contributed by atoms with Gasteiger partial charge in [0, 0.05) is 60.4 Å². The van der Waals surface area contributed by atoms with Gasteiger partial charge in [-0.1, -0.05) is 190 Å². The number of hydrogen-bond acceptors (Lipinski definition) is 4. The number of aryl methyl sites for hydroxylation is 1. The second kappa shape index (κ2) is 18.6. The monoisotopic (exact) mass is 1070 g/mol. The molecule has 3 aliphatic rings. The lowest BCUT2D eigenvalue weighted by molar-refractivity contribution is 0.332. The predicted octanol–water partition coefficient (Wildman–Crippen LogP) is 20.0. The van der Waals surface area contributed by atoms with Crippen molar-refractivity contribution in [2.45, 2.75) is 163 Å². The Morgan fingerprint density at radius 1 is 0.463 bits per heavy atom. The van der Waals surface area contributed by atoms with E-state index in [2.05, 4.69) is 296 Å². The third-order valence-corrected chi connectivity index (χ3v) is 19.5. The molecule has 0 spiro atoms. The highest BCUT2D eigenvalue weighted by Crippen LogP contribution is 2.53.